The van der Waals surface area contributed by atoms with Crippen LogP contribution in [-0.2, 0) is 32.7 Å². The van der Waals surface area contributed by atoms with Gasteiger partial charge in [0, 0.05) is 13.0 Å². The molecule has 0 saturated heterocycles. The van der Waals surface area contributed by atoms with E-state index in [1.807, 2.05) is 12.2 Å². The van der Waals surface area contributed by atoms with Gasteiger partial charge in [-0.25, -0.2) is 4.57 Å². The van der Waals surface area contributed by atoms with Crippen LogP contribution in [0.2, 0.25) is 0 Å². The molecule has 0 amide bonds. The van der Waals surface area contributed by atoms with Crippen LogP contribution >= 0.6 is 7.82 Å². The van der Waals surface area contributed by atoms with Crippen molar-refractivity contribution in [1.82, 2.24) is 0 Å². The lowest BCUT2D eigenvalue weighted by Crippen LogP contribution is -2.29. The highest BCUT2D eigenvalue weighted by Crippen LogP contribution is 2.43. The zero-order chi connectivity index (χ0) is 44.6. The summed E-state index contributed by atoms with van der Waals surface area (Å²) in [5, 5.41) is 0. The molecule has 0 aromatic rings. The molecular weight excluding hydrogens is 786 g/mol. The summed E-state index contributed by atoms with van der Waals surface area (Å²) in [6, 6.07) is 0. The molecule has 3 N–H and O–H groups in total. The van der Waals surface area contributed by atoms with E-state index in [0.717, 1.165) is 44.9 Å². The predicted octanol–water partition coefficient (Wildman–Crippen LogP) is 14.8. The van der Waals surface area contributed by atoms with Crippen molar-refractivity contribution in [3.8, 4) is 0 Å². The molecule has 0 heterocycles. The Morgan fingerprint density at radius 2 is 0.885 bits per heavy atom. The summed E-state index contributed by atoms with van der Waals surface area (Å²) in [6.07, 6.45) is 57.4. The Labute approximate surface area is 374 Å². The second-order valence-corrected chi connectivity index (χ2v) is 17.8. The molecule has 354 valence electrons. The first-order valence-electron chi connectivity index (χ1n) is 24.8. The molecule has 0 rings (SSSR count). The van der Waals surface area contributed by atoms with Crippen molar-refractivity contribution >= 4 is 19.8 Å². The molecule has 0 fully saturated rings. The molecule has 0 aliphatic rings. The smallest absolute Gasteiger partial charge is 0.462 e. The second kappa shape index (κ2) is 47.2. The molecule has 0 bridgehead atoms. The van der Waals surface area contributed by atoms with Gasteiger partial charge in [0.1, 0.15) is 6.61 Å². The molecule has 10 heteroatoms. The number of nitrogens with two attached hydrogens (primary N) is 1. The van der Waals surface area contributed by atoms with Gasteiger partial charge in [-0.2, -0.15) is 0 Å². The third kappa shape index (κ3) is 47.0. The lowest BCUT2D eigenvalue weighted by atomic mass is 10.0. The Kier molecular flexibility index (Phi) is 45.4. The van der Waals surface area contributed by atoms with Gasteiger partial charge in [-0.3, -0.25) is 18.6 Å². The summed E-state index contributed by atoms with van der Waals surface area (Å²) < 4.78 is 32.7. The zero-order valence-corrected chi connectivity index (χ0v) is 40.0. The number of phosphoric acid groups is 1. The van der Waals surface area contributed by atoms with E-state index in [-0.39, 0.29) is 32.6 Å². The highest BCUT2D eigenvalue weighted by molar-refractivity contribution is 7.47. The van der Waals surface area contributed by atoms with E-state index < -0.39 is 32.5 Å². The van der Waals surface area contributed by atoms with Crippen molar-refractivity contribution in [3.05, 3.63) is 60.8 Å². The normalized spacial score (nSPS) is 13.7. The van der Waals surface area contributed by atoms with E-state index >= 15 is 0 Å². The summed E-state index contributed by atoms with van der Waals surface area (Å²) in [5.74, 6) is -0.971. The topological polar surface area (TPSA) is 134 Å². The van der Waals surface area contributed by atoms with Gasteiger partial charge >= 0.3 is 19.8 Å². The number of esters is 2. The molecule has 0 spiro atoms. The zero-order valence-electron chi connectivity index (χ0n) is 39.1. The van der Waals surface area contributed by atoms with Crippen LogP contribution in [-0.4, -0.2) is 49.3 Å². The van der Waals surface area contributed by atoms with Crippen molar-refractivity contribution in [2.75, 3.05) is 26.4 Å². The summed E-state index contributed by atoms with van der Waals surface area (Å²) in [6.45, 7) is 3.53. The van der Waals surface area contributed by atoms with Crippen LogP contribution in [0.3, 0.4) is 0 Å². The highest BCUT2D eigenvalue weighted by Gasteiger charge is 2.25. The number of carbonyl (C=O) groups excluding carboxylic acids is 2. The van der Waals surface area contributed by atoms with Gasteiger partial charge in [-0.05, 0) is 38.5 Å². The van der Waals surface area contributed by atoms with Gasteiger partial charge in [0.05, 0.1) is 19.6 Å². The summed E-state index contributed by atoms with van der Waals surface area (Å²) in [7, 11) is -4.41. The van der Waals surface area contributed by atoms with Gasteiger partial charge in [-0.15, -0.1) is 0 Å². The SMILES string of the molecule is CC/C=C\C/C=C\C/C=C\C/C=C\C/C=C\CC(=O)OC(COC(=O)CCCCCCCCCCCCCCCCCCCCCCCCCCC)COP(=O)(O)OCCN. The summed E-state index contributed by atoms with van der Waals surface area (Å²) in [4.78, 5) is 34.9. The largest absolute Gasteiger partial charge is 0.472 e. The lowest BCUT2D eigenvalue weighted by Gasteiger charge is -2.19. The van der Waals surface area contributed by atoms with Crippen LogP contribution in [0.25, 0.3) is 0 Å². The number of allylic oxidation sites excluding steroid dienone is 9. The average Bonchev–Trinajstić information content (AvgIpc) is 3.25. The van der Waals surface area contributed by atoms with Crippen molar-refractivity contribution in [2.24, 2.45) is 5.73 Å². The van der Waals surface area contributed by atoms with Crippen LogP contribution < -0.4 is 5.73 Å². The monoisotopic (exact) mass is 878 g/mol. The number of hydrogen-bond acceptors (Lipinski definition) is 8. The number of carbonyl (C=O) groups is 2. The molecular formula is C51H92NO8P. The fourth-order valence-electron chi connectivity index (χ4n) is 6.83. The van der Waals surface area contributed by atoms with Crippen molar-refractivity contribution in [3.63, 3.8) is 0 Å². The maximum absolute atomic E-state index is 12.5. The Bertz CT molecular complexity index is 1180. The van der Waals surface area contributed by atoms with Crippen molar-refractivity contribution < 1.29 is 37.6 Å². The molecule has 2 atom stereocenters. The van der Waals surface area contributed by atoms with Crippen molar-refractivity contribution in [2.45, 2.75) is 225 Å². The summed E-state index contributed by atoms with van der Waals surface area (Å²) in [5.41, 5.74) is 5.35. The molecule has 2 unspecified atom stereocenters. The van der Waals surface area contributed by atoms with Gasteiger partial charge in [0.2, 0.25) is 0 Å². The Hall–Kier alpha value is -2.29. The second-order valence-electron chi connectivity index (χ2n) is 16.3. The maximum atomic E-state index is 12.5. The van der Waals surface area contributed by atoms with Gasteiger partial charge < -0.3 is 20.1 Å². The van der Waals surface area contributed by atoms with Gasteiger partial charge in [0.15, 0.2) is 6.10 Å². The molecule has 61 heavy (non-hydrogen) atoms. The minimum absolute atomic E-state index is 0.00199. The molecule has 0 saturated carbocycles. The fraction of sp³-hybridized carbons (Fsp3) is 0.765. The number of phosphoric ester groups is 1. The first-order chi connectivity index (χ1) is 29.8. The number of unbranched alkanes of at least 4 members (excludes halogenated alkanes) is 24. The minimum Gasteiger partial charge on any atom is -0.462 e. The van der Waals surface area contributed by atoms with Crippen LogP contribution in [0, 0.1) is 0 Å². The molecule has 0 radical (unpaired) electrons. The Balaban J connectivity index is 4.05. The van der Waals surface area contributed by atoms with E-state index in [2.05, 4.69) is 56.4 Å². The molecule has 0 aromatic heterocycles. The fourth-order valence-corrected chi connectivity index (χ4v) is 7.59. The van der Waals surface area contributed by atoms with E-state index in [1.54, 1.807) is 6.08 Å². The van der Waals surface area contributed by atoms with Crippen LogP contribution in [0.5, 0.6) is 0 Å². The number of hydrogen-bond donors (Lipinski definition) is 2. The van der Waals surface area contributed by atoms with E-state index in [9.17, 15) is 19.0 Å². The third-order valence-electron chi connectivity index (χ3n) is 10.5. The third-order valence-corrected chi connectivity index (χ3v) is 11.4. The van der Waals surface area contributed by atoms with Gasteiger partial charge in [-0.1, -0.05) is 229 Å². The molecule has 0 aliphatic carbocycles. The van der Waals surface area contributed by atoms with E-state index in [4.69, 9.17) is 24.3 Å². The first kappa shape index (κ1) is 58.7. The maximum Gasteiger partial charge on any atom is 0.472 e. The van der Waals surface area contributed by atoms with Crippen LogP contribution in [0.15, 0.2) is 60.8 Å². The number of rotatable bonds is 46. The van der Waals surface area contributed by atoms with Gasteiger partial charge in [0.25, 0.3) is 0 Å². The number of ether oxygens (including phenoxy) is 2. The van der Waals surface area contributed by atoms with E-state index in [0.29, 0.717) is 6.42 Å². The lowest BCUT2D eigenvalue weighted by molar-refractivity contribution is -0.160. The Morgan fingerprint density at radius 1 is 0.508 bits per heavy atom. The predicted molar refractivity (Wildman–Crippen MR) is 256 cm³/mol. The quantitative estimate of drug-likeness (QED) is 0.0265. The van der Waals surface area contributed by atoms with Crippen molar-refractivity contribution in [1.29, 1.82) is 0 Å². The summed E-state index contributed by atoms with van der Waals surface area (Å²) >= 11 is 0. The van der Waals surface area contributed by atoms with Crippen LogP contribution in [0.4, 0.5) is 0 Å². The molecule has 0 aliphatic heterocycles. The minimum atomic E-state index is -4.41. The average molecular weight is 878 g/mol. The first-order valence-corrected chi connectivity index (χ1v) is 26.3. The van der Waals surface area contributed by atoms with E-state index in [1.165, 1.54) is 141 Å². The standard InChI is InChI=1S/C51H92NO8P/c1-3-5-7-9-11-13-15-17-19-20-21-22-23-24-25-26-27-28-30-31-33-35-37-39-41-43-50(53)57-47-49(48-59-61(55,56)58-46-45-52)60-51(54)44-42-40-38-36-34-32-29-18-16-14-12-10-8-6-4-2/h6,8,12,14,18,29,34,36,40,42,49H,3-5,7,9-11,13,15-17,19-28,30-33,35,37-39,41,43-48,52H2,1-2H3,(H,55,56)/b8-6-,14-12-,29-18-,36-34-,42-40-. The highest BCUT2D eigenvalue weighted by atomic mass is 31.2. The molecule has 0 aromatic carbocycles. The Morgan fingerprint density at radius 3 is 1.28 bits per heavy atom. The van der Waals surface area contributed by atoms with Crippen LogP contribution in [0.1, 0.15) is 219 Å². The molecule has 9 nitrogen and oxygen atoms in total.